The van der Waals surface area contributed by atoms with Gasteiger partial charge in [-0.2, -0.15) is 0 Å². The van der Waals surface area contributed by atoms with E-state index in [-0.39, 0.29) is 0 Å². The third kappa shape index (κ3) is 4.04. The lowest BCUT2D eigenvalue weighted by atomic mass is 10.2. The van der Waals surface area contributed by atoms with E-state index < -0.39 is 0 Å². The van der Waals surface area contributed by atoms with E-state index >= 15 is 0 Å². The van der Waals surface area contributed by atoms with Gasteiger partial charge in [0.1, 0.15) is 11.6 Å². The molecule has 3 heterocycles. The molecule has 27 heavy (non-hydrogen) atoms. The third-order valence-electron chi connectivity index (χ3n) is 4.72. The summed E-state index contributed by atoms with van der Waals surface area (Å²) >= 11 is 1.57. The fraction of sp³-hybridized carbons (Fsp3) is 0.300. The van der Waals surface area contributed by atoms with Crippen molar-refractivity contribution in [3.63, 3.8) is 0 Å². The van der Waals surface area contributed by atoms with Crippen molar-refractivity contribution in [2.24, 2.45) is 0 Å². The summed E-state index contributed by atoms with van der Waals surface area (Å²) in [6.07, 6.45) is 1.91. The Morgan fingerprint density at radius 2 is 1.89 bits per heavy atom. The molecule has 140 valence electrons. The van der Waals surface area contributed by atoms with Gasteiger partial charge >= 0.3 is 0 Å². The Bertz CT molecular complexity index is 887. The molecule has 0 aliphatic carbocycles. The fourth-order valence-electron chi connectivity index (χ4n) is 3.09. The van der Waals surface area contributed by atoms with Crippen LogP contribution in [0, 0.1) is 0 Å². The lowest BCUT2D eigenvalue weighted by molar-refractivity contribution is 0.312. The first kappa shape index (κ1) is 17.8. The molecule has 4 rings (SSSR count). The molecular formula is C20H23N5OS. The molecule has 0 radical (unpaired) electrons. The van der Waals surface area contributed by atoms with Gasteiger partial charge < -0.3 is 19.9 Å². The molecule has 0 unspecified atom stereocenters. The average Bonchev–Trinajstić information content (AvgIpc) is 3.18. The summed E-state index contributed by atoms with van der Waals surface area (Å²) in [6, 6.07) is 12.0. The van der Waals surface area contributed by atoms with Gasteiger partial charge in [-0.05, 0) is 31.3 Å². The largest absolute Gasteiger partial charge is 0.495 e. The maximum atomic E-state index is 5.38. The fourth-order valence-corrected chi connectivity index (χ4v) is 3.82. The number of piperazine rings is 1. The van der Waals surface area contributed by atoms with Gasteiger partial charge in [0.15, 0.2) is 5.13 Å². The molecule has 3 aromatic rings. The maximum absolute atomic E-state index is 5.38. The summed E-state index contributed by atoms with van der Waals surface area (Å²) in [4.78, 5) is 14.0. The van der Waals surface area contributed by atoms with E-state index in [0.717, 1.165) is 59.8 Å². The lowest BCUT2D eigenvalue weighted by Crippen LogP contribution is -2.44. The number of hydrogen-bond acceptors (Lipinski definition) is 7. The van der Waals surface area contributed by atoms with Crippen molar-refractivity contribution in [3.8, 4) is 17.0 Å². The van der Waals surface area contributed by atoms with E-state index in [4.69, 9.17) is 9.72 Å². The highest BCUT2D eigenvalue weighted by Crippen LogP contribution is 2.31. The highest BCUT2D eigenvalue weighted by atomic mass is 32.1. The SMILES string of the molecule is COc1ccccc1Nc1nc(-c2ccc(N3CCN(C)CC3)nc2)cs1. The van der Waals surface area contributed by atoms with Gasteiger partial charge in [-0.25, -0.2) is 9.97 Å². The quantitative estimate of drug-likeness (QED) is 0.727. The smallest absolute Gasteiger partial charge is 0.187 e. The Balaban J connectivity index is 1.46. The summed E-state index contributed by atoms with van der Waals surface area (Å²) < 4.78 is 5.38. The second-order valence-electron chi connectivity index (χ2n) is 6.56. The number of aromatic nitrogens is 2. The van der Waals surface area contributed by atoms with Crippen molar-refractivity contribution < 1.29 is 4.74 Å². The van der Waals surface area contributed by atoms with Crippen LogP contribution >= 0.6 is 11.3 Å². The maximum Gasteiger partial charge on any atom is 0.187 e. The summed E-state index contributed by atoms with van der Waals surface area (Å²) in [7, 11) is 3.83. The monoisotopic (exact) mass is 381 g/mol. The third-order valence-corrected chi connectivity index (χ3v) is 5.48. The van der Waals surface area contributed by atoms with Crippen LogP contribution in [0.3, 0.4) is 0 Å². The summed E-state index contributed by atoms with van der Waals surface area (Å²) in [5, 5.41) is 6.21. The summed E-state index contributed by atoms with van der Waals surface area (Å²) in [5.74, 6) is 1.84. The van der Waals surface area contributed by atoms with Crippen LogP contribution in [0.4, 0.5) is 16.6 Å². The predicted octanol–water partition coefficient (Wildman–Crippen LogP) is 3.71. The van der Waals surface area contributed by atoms with Crippen molar-refractivity contribution in [2.75, 3.05) is 50.6 Å². The molecule has 1 aliphatic rings. The molecule has 1 N–H and O–H groups in total. The van der Waals surface area contributed by atoms with Crippen LogP contribution in [-0.2, 0) is 0 Å². The van der Waals surface area contributed by atoms with E-state index in [1.165, 1.54) is 0 Å². The number of nitrogens with one attached hydrogen (secondary N) is 1. The molecular weight excluding hydrogens is 358 g/mol. The van der Waals surface area contributed by atoms with Gasteiger partial charge in [0.05, 0.1) is 18.5 Å². The Labute approximate surface area is 163 Å². The van der Waals surface area contributed by atoms with Crippen LogP contribution < -0.4 is 15.0 Å². The van der Waals surface area contributed by atoms with Gasteiger partial charge in [0, 0.05) is 43.3 Å². The molecule has 0 saturated carbocycles. The number of rotatable bonds is 5. The number of thiazole rings is 1. The zero-order valence-corrected chi connectivity index (χ0v) is 16.4. The standard InChI is InChI=1S/C20H23N5OS/c1-24-9-11-25(12-10-24)19-8-7-15(13-21-19)17-14-27-20(23-17)22-16-5-3-4-6-18(16)26-2/h3-8,13-14H,9-12H2,1-2H3,(H,22,23). The minimum absolute atomic E-state index is 0.799. The lowest BCUT2D eigenvalue weighted by Gasteiger charge is -2.33. The van der Waals surface area contributed by atoms with E-state index in [0.29, 0.717) is 0 Å². The van der Waals surface area contributed by atoms with E-state index in [1.54, 1.807) is 18.4 Å². The van der Waals surface area contributed by atoms with Crippen LogP contribution in [-0.4, -0.2) is 55.2 Å². The first-order valence-electron chi connectivity index (χ1n) is 8.98. The molecule has 0 amide bonds. The highest BCUT2D eigenvalue weighted by Gasteiger charge is 2.15. The summed E-state index contributed by atoms with van der Waals surface area (Å²) in [6.45, 7) is 4.19. The number of likely N-dealkylation sites (N-methyl/N-ethyl adjacent to an activating group) is 1. The topological polar surface area (TPSA) is 53.5 Å². The second-order valence-corrected chi connectivity index (χ2v) is 7.42. The first-order chi connectivity index (χ1) is 13.2. The Hall–Kier alpha value is -2.64. The molecule has 2 aromatic heterocycles. The molecule has 7 heteroatoms. The Morgan fingerprint density at radius 1 is 1.07 bits per heavy atom. The van der Waals surface area contributed by atoms with Crippen LogP contribution in [0.5, 0.6) is 5.75 Å². The van der Waals surface area contributed by atoms with Crippen molar-refractivity contribution in [2.45, 2.75) is 0 Å². The second kappa shape index (κ2) is 7.94. The number of benzene rings is 1. The number of anilines is 3. The number of nitrogens with zero attached hydrogens (tertiary/aromatic N) is 4. The van der Waals surface area contributed by atoms with E-state index in [2.05, 4.69) is 39.3 Å². The first-order valence-corrected chi connectivity index (χ1v) is 9.86. The number of pyridine rings is 1. The summed E-state index contributed by atoms with van der Waals surface area (Å²) in [5.41, 5.74) is 2.86. The van der Waals surface area contributed by atoms with Crippen LogP contribution in [0.25, 0.3) is 11.3 Å². The van der Waals surface area contributed by atoms with Gasteiger partial charge in [0.2, 0.25) is 0 Å². The molecule has 1 aromatic carbocycles. The van der Waals surface area contributed by atoms with Crippen molar-refractivity contribution >= 4 is 28.0 Å². The van der Waals surface area contributed by atoms with E-state index in [1.807, 2.05) is 35.8 Å². The van der Waals surface area contributed by atoms with Gasteiger partial charge in [-0.3, -0.25) is 0 Å². The number of methoxy groups -OCH3 is 1. The van der Waals surface area contributed by atoms with Crippen molar-refractivity contribution in [1.29, 1.82) is 0 Å². The molecule has 0 bridgehead atoms. The van der Waals surface area contributed by atoms with Gasteiger partial charge in [0.25, 0.3) is 0 Å². The molecule has 1 aliphatic heterocycles. The van der Waals surface area contributed by atoms with Gasteiger partial charge in [-0.1, -0.05) is 12.1 Å². The zero-order valence-electron chi connectivity index (χ0n) is 15.6. The highest BCUT2D eigenvalue weighted by molar-refractivity contribution is 7.14. The number of hydrogen-bond donors (Lipinski definition) is 1. The molecule has 6 nitrogen and oxygen atoms in total. The molecule has 1 saturated heterocycles. The van der Waals surface area contributed by atoms with E-state index in [9.17, 15) is 0 Å². The van der Waals surface area contributed by atoms with Crippen LogP contribution in [0.2, 0.25) is 0 Å². The Morgan fingerprint density at radius 3 is 2.63 bits per heavy atom. The molecule has 1 fully saturated rings. The predicted molar refractivity (Wildman–Crippen MR) is 111 cm³/mol. The van der Waals surface area contributed by atoms with Crippen LogP contribution in [0.1, 0.15) is 0 Å². The van der Waals surface area contributed by atoms with Crippen molar-refractivity contribution in [1.82, 2.24) is 14.9 Å². The average molecular weight is 382 g/mol. The number of ether oxygens (including phenoxy) is 1. The van der Waals surface area contributed by atoms with Crippen molar-refractivity contribution in [3.05, 3.63) is 48.0 Å². The Kier molecular flexibility index (Phi) is 5.22. The number of para-hydroxylation sites is 2. The van der Waals surface area contributed by atoms with Gasteiger partial charge in [-0.15, -0.1) is 11.3 Å². The molecule has 0 atom stereocenters. The minimum atomic E-state index is 0.799. The normalized spacial score (nSPS) is 15.0. The van der Waals surface area contributed by atoms with Crippen LogP contribution in [0.15, 0.2) is 48.0 Å². The molecule has 0 spiro atoms. The zero-order chi connectivity index (χ0) is 18.6. The minimum Gasteiger partial charge on any atom is -0.495 e.